The molecule has 0 spiro atoms. The van der Waals surface area contributed by atoms with Crippen LogP contribution in [0.3, 0.4) is 0 Å². The van der Waals surface area contributed by atoms with E-state index in [0.717, 1.165) is 0 Å². The first-order valence-electron chi connectivity index (χ1n) is 2.72. The highest BCUT2D eigenvalue weighted by atomic mass is 16.3. The van der Waals surface area contributed by atoms with Crippen LogP contribution in [0.5, 0.6) is 0 Å². The predicted molar refractivity (Wildman–Crippen MR) is 34.4 cm³/mol. The van der Waals surface area contributed by atoms with Gasteiger partial charge in [0.25, 0.3) is 0 Å². The molecule has 58 valence electrons. The summed E-state index contributed by atoms with van der Waals surface area (Å²) in [5.74, 6) is 0. The summed E-state index contributed by atoms with van der Waals surface area (Å²) in [6.45, 7) is 1.17. The second-order valence-corrected chi connectivity index (χ2v) is 2.23. The maximum Gasteiger partial charge on any atom is 0.108 e. The van der Waals surface area contributed by atoms with Gasteiger partial charge in [0.15, 0.2) is 0 Å². The van der Waals surface area contributed by atoms with E-state index in [4.69, 9.17) is 10.6 Å². The molecular formula is C4H10N4O2. The molecule has 0 saturated heterocycles. The average molecular weight is 146 g/mol. The van der Waals surface area contributed by atoms with Crippen LogP contribution >= 0.6 is 0 Å². The number of rotatable bonds is 5. The molecule has 0 aromatic carbocycles. The summed E-state index contributed by atoms with van der Waals surface area (Å²) in [6, 6.07) is 0. The molecule has 0 saturated carbocycles. The highest BCUT2D eigenvalue weighted by molar-refractivity contribution is 4.82. The van der Waals surface area contributed by atoms with E-state index in [1.165, 1.54) is 0 Å². The predicted octanol–water partition coefficient (Wildman–Crippen LogP) is 0.0394. The number of nitroso groups, excluding NO2 is 1. The van der Waals surface area contributed by atoms with Crippen LogP contribution in [0.25, 0.3) is 0 Å². The van der Waals surface area contributed by atoms with Crippen molar-refractivity contribution in [2.45, 2.75) is 12.5 Å². The van der Waals surface area contributed by atoms with Crippen molar-refractivity contribution in [3.05, 3.63) is 4.91 Å². The smallest absolute Gasteiger partial charge is 0.108 e. The Hall–Kier alpha value is -1.04. The summed E-state index contributed by atoms with van der Waals surface area (Å²) in [7, 11) is 0. The van der Waals surface area contributed by atoms with Gasteiger partial charge in [0.2, 0.25) is 0 Å². The van der Waals surface area contributed by atoms with Crippen LogP contribution in [-0.4, -0.2) is 23.8 Å². The van der Waals surface area contributed by atoms with Gasteiger partial charge < -0.3 is 5.11 Å². The Balaban J connectivity index is 3.92. The van der Waals surface area contributed by atoms with Crippen molar-refractivity contribution in [1.29, 1.82) is 5.53 Å². The SMILES string of the molecule is CC(CO)(CN=O)NN=N. The molecule has 1 unspecified atom stereocenters. The van der Waals surface area contributed by atoms with Gasteiger partial charge in [-0.15, -0.1) is 0 Å². The molecule has 0 heterocycles. The van der Waals surface area contributed by atoms with Gasteiger partial charge in [0.05, 0.1) is 12.1 Å². The van der Waals surface area contributed by atoms with Gasteiger partial charge in [-0.1, -0.05) is 10.4 Å². The van der Waals surface area contributed by atoms with Crippen molar-refractivity contribution in [3.8, 4) is 0 Å². The molecule has 0 bridgehead atoms. The normalized spacial score (nSPS) is 15.4. The average Bonchev–Trinajstić information content (AvgIpc) is 1.89. The third-order valence-corrected chi connectivity index (χ3v) is 1.09. The standard InChI is InChI=1S/C4H10N4O2/c1-4(3-9,2-6-10)7-8-5/h9H,2-3H2,1H3,(H2,5,7). The maximum atomic E-state index is 9.75. The van der Waals surface area contributed by atoms with Crippen molar-refractivity contribution >= 4 is 0 Å². The minimum absolute atomic E-state index is 0.105. The van der Waals surface area contributed by atoms with Crippen molar-refractivity contribution in [3.63, 3.8) is 0 Å². The lowest BCUT2D eigenvalue weighted by Gasteiger charge is -2.21. The molecule has 6 heteroatoms. The first-order chi connectivity index (χ1) is 4.68. The van der Waals surface area contributed by atoms with Gasteiger partial charge in [-0.2, -0.15) is 10.4 Å². The summed E-state index contributed by atoms with van der Waals surface area (Å²) < 4.78 is 0. The van der Waals surface area contributed by atoms with Gasteiger partial charge in [0.1, 0.15) is 6.54 Å². The molecule has 0 radical (unpaired) electrons. The molecular weight excluding hydrogens is 136 g/mol. The van der Waals surface area contributed by atoms with Gasteiger partial charge in [-0.05, 0) is 6.92 Å². The van der Waals surface area contributed by atoms with Crippen LogP contribution in [0.1, 0.15) is 6.92 Å². The molecule has 10 heavy (non-hydrogen) atoms. The lowest BCUT2D eigenvalue weighted by molar-refractivity contribution is 0.178. The van der Waals surface area contributed by atoms with E-state index < -0.39 is 5.54 Å². The van der Waals surface area contributed by atoms with E-state index in [2.05, 4.69) is 15.8 Å². The summed E-state index contributed by atoms with van der Waals surface area (Å²) >= 11 is 0. The van der Waals surface area contributed by atoms with E-state index in [0.29, 0.717) is 0 Å². The van der Waals surface area contributed by atoms with E-state index in [1.54, 1.807) is 6.92 Å². The van der Waals surface area contributed by atoms with E-state index in [1.807, 2.05) is 0 Å². The molecule has 0 amide bonds. The van der Waals surface area contributed by atoms with Crippen LogP contribution < -0.4 is 5.43 Å². The van der Waals surface area contributed by atoms with Gasteiger partial charge in [-0.25, -0.2) is 0 Å². The van der Waals surface area contributed by atoms with Gasteiger partial charge in [-0.3, -0.25) is 5.43 Å². The van der Waals surface area contributed by atoms with E-state index in [9.17, 15) is 4.91 Å². The minimum atomic E-state index is -0.885. The Morgan fingerprint density at radius 2 is 2.40 bits per heavy atom. The third kappa shape index (κ3) is 2.49. The summed E-state index contributed by atoms with van der Waals surface area (Å²) in [5.41, 5.74) is 7.77. The Bertz CT molecular complexity index is 116. The highest BCUT2D eigenvalue weighted by Crippen LogP contribution is 2.01. The topological polar surface area (TPSA) is 97.9 Å². The van der Waals surface area contributed by atoms with E-state index in [-0.39, 0.29) is 13.2 Å². The zero-order chi connectivity index (χ0) is 8.04. The lowest BCUT2D eigenvalue weighted by atomic mass is 10.1. The largest absolute Gasteiger partial charge is 0.394 e. The van der Waals surface area contributed by atoms with Crippen LogP contribution in [0, 0.1) is 10.4 Å². The van der Waals surface area contributed by atoms with Crippen LogP contribution in [0.2, 0.25) is 0 Å². The van der Waals surface area contributed by atoms with Crippen molar-refractivity contribution in [1.82, 2.24) is 5.43 Å². The molecule has 0 aliphatic carbocycles. The molecule has 0 aromatic rings. The molecule has 0 rings (SSSR count). The fourth-order valence-corrected chi connectivity index (χ4v) is 0.398. The number of nitrogens with one attached hydrogen (secondary N) is 2. The van der Waals surface area contributed by atoms with Gasteiger partial charge in [0, 0.05) is 0 Å². The van der Waals surface area contributed by atoms with Crippen molar-refractivity contribution in [2.24, 2.45) is 10.4 Å². The number of hydrogen-bond donors (Lipinski definition) is 3. The second kappa shape index (κ2) is 3.89. The Morgan fingerprint density at radius 1 is 1.80 bits per heavy atom. The first-order valence-corrected chi connectivity index (χ1v) is 2.72. The summed E-state index contributed by atoms with van der Waals surface area (Å²) in [4.78, 5) is 9.75. The quantitative estimate of drug-likeness (QED) is 0.290. The molecule has 0 aliphatic heterocycles. The number of nitrogens with zero attached hydrogens (tertiary/aromatic N) is 2. The van der Waals surface area contributed by atoms with Crippen molar-refractivity contribution in [2.75, 3.05) is 13.2 Å². The zero-order valence-corrected chi connectivity index (χ0v) is 5.66. The molecule has 0 fully saturated rings. The molecule has 1 atom stereocenters. The Kier molecular flexibility index (Phi) is 3.48. The van der Waals surface area contributed by atoms with Crippen LogP contribution in [-0.2, 0) is 0 Å². The number of aliphatic hydroxyl groups is 1. The molecule has 3 N–H and O–H groups in total. The van der Waals surface area contributed by atoms with Crippen molar-refractivity contribution < 1.29 is 5.11 Å². The van der Waals surface area contributed by atoms with Crippen LogP contribution in [0.4, 0.5) is 0 Å². The first kappa shape index (κ1) is 8.96. The molecule has 6 nitrogen and oxygen atoms in total. The fourth-order valence-electron chi connectivity index (χ4n) is 0.398. The highest BCUT2D eigenvalue weighted by Gasteiger charge is 2.22. The lowest BCUT2D eigenvalue weighted by Crippen LogP contribution is -2.45. The number of aliphatic hydroxyl groups excluding tert-OH is 1. The third-order valence-electron chi connectivity index (χ3n) is 1.09. The zero-order valence-electron chi connectivity index (χ0n) is 5.66. The Labute approximate surface area is 58.1 Å². The van der Waals surface area contributed by atoms with Gasteiger partial charge >= 0.3 is 0 Å². The summed E-state index contributed by atoms with van der Waals surface area (Å²) in [5, 5.41) is 14.1. The van der Waals surface area contributed by atoms with E-state index >= 15 is 0 Å². The second-order valence-electron chi connectivity index (χ2n) is 2.23. The fraction of sp³-hybridized carbons (Fsp3) is 1.00. The monoisotopic (exact) mass is 146 g/mol. The Morgan fingerprint density at radius 3 is 2.70 bits per heavy atom. The summed E-state index contributed by atoms with van der Waals surface area (Å²) in [6.07, 6.45) is 0. The molecule has 0 aliphatic rings. The minimum Gasteiger partial charge on any atom is -0.394 e. The number of hydrogen-bond acceptors (Lipinski definition) is 5. The molecule has 0 aromatic heterocycles. The van der Waals surface area contributed by atoms with Crippen LogP contribution in [0.15, 0.2) is 10.4 Å². The maximum absolute atomic E-state index is 9.75.